The Labute approximate surface area is 140 Å². The van der Waals surface area contributed by atoms with Crippen molar-refractivity contribution in [2.45, 2.75) is 72.8 Å². The van der Waals surface area contributed by atoms with Crippen molar-refractivity contribution >= 4 is 0 Å². The topological polar surface area (TPSA) is 26.0 Å². The van der Waals surface area contributed by atoms with E-state index in [0.29, 0.717) is 12.0 Å². The third-order valence-electron chi connectivity index (χ3n) is 5.47. The van der Waals surface area contributed by atoms with E-state index in [1.165, 1.54) is 44.2 Å². The molecule has 0 aliphatic heterocycles. The summed E-state index contributed by atoms with van der Waals surface area (Å²) < 4.78 is 1.08. The number of hydrogen-bond acceptors (Lipinski definition) is 1. The third kappa shape index (κ3) is 7.28. The standard InChI is InChI=1S/C20H43N2/c1-9-11-18(6)15-22(7,8)20(13-12-17(5)10-2)19(14-21)16(3)4/h17-20H,3,9-15,21H2,1-2,4-8H3/q+1. The minimum atomic E-state index is 0.438. The van der Waals surface area contributed by atoms with Gasteiger partial charge >= 0.3 is 0 Å². The van der Waals surface area contributed by atoms with E-state index in [4.69, 9.17) is 5.73 Å². The second kappa shape index (κ2) is 10.4. The van der Waals surface area contributed by atoms with Crippen LogP contribution in [0.5, 0.6) is 0 Å². The smallest absolute Gasteiger partial charge is 0.0964 e. The lowest BCUT2D eigenvalue weighted by Crippen LogP contribution is -2.56. The Hall–Kier alpha value is -0.340. The summed E-state index contributed by atoms with van der Waals surface area (Å²) in [5.41, 5.74) is 7.38. The molecular formula is C20H43N2+. The van der Waals surface area contributed by atoms with Crippen LogP contribution in [0.4, 0.5) is 0 Å². The Balaban J connectivity index is 5.12. The Morgan fingerprint density at radius 1 is 1.05 bits per heavy atom. The highest BCUT2D eigenvalue weighted by Gasteiger charge is 2.36. The van der Waals surface area contributed by atoms with Crippen molar-refractivity contribution in [3.05, 3.63) is 12.2 Å². The van der Waals surface area contributed by atoms with Crippen LogP contribution in [0.1, 0.15) is 66.7 Å². The molecular weight excluding hydrogens is 268 g/mol. The van der Waals surface area contributed by atoms with Gasteiger partial charge in [-0.1, -0.05) is 52.7 Å². The van der Waals surface area contributed by atoms with Crippen LogP contribution >= 0.6 is 0 Å². The van der Waals surface area contributed by atoms with Gasteiger partial charge in [0.05, 0.1) is 26.7 Å². The number of nitrogens with two attached hydrogens (primary N) is 1. The molecule has 0 saturated carbocycles. The maximum atomic E-state index is 6.13. The first-order valence-electron chi connectivity index (χ1n) is 9.37. The molecule has 4 unspecified atom stereocenters. The maximum Gasteiger partial charge on any atom is 0.0964 e. The summed E-state index contributed by atoms with van der Waals surface area (Å²) >= 11 is 0. The van der Waals surface area contributed by atoms with Gasteiger partial charge in [0.2, 0.25) is 0 Å². The summed E-state index contributed by atoms with van der Waals surface area (Å²) in [6.07, 6.45) is 6.43. The van der Waals surface area contributed by atoms with Gasteiger partial charge in [-0.15, -0.1) is 0 Å². The molecule has 0 amide bonds. The largest absolute Gasteiger partial charge is 0.330 e. The zero-order valence-electron chi connectivity index (χ0n) is 16.5. The predicted octanol–water partition coefficient (Wildman–Crippen LogP) is 4.84. The molecule has 0 saturated heterocycles. The van der Waals surface area contributed by atoms with E-state index in [2.05, 4.69) is 55.3 Å². The van der Waals surface area contributed by atoms with Gasteiger partial charge in [-0.2, -0.15) is 0 Å². The van der Waals surface area contributed by atoms with E-state index in [9.17, 15) is 0 Å². The van der Waals surface area contributed by atoms with Gasteiger partial charge in [-0.25, -0.2) is 0 Å². The zero-order valence-corrected chi connectivity index (χ0v) is 16.5. The van der Waals surface area contributed by atoms with E-state index >= 15 is 0 Å². The average molecular weight is 312 g/mol. The molecule has 0 fully saturated rings. The van der Waals surface area contributed by atoms with Gasteiger partial charge < -0.3 is 10.2 Å². The molecule has 4 atom stereocenters. The second-order valence-electron chi connectivity index (χ2n) is 8.20. The summed E-state index contributed by atoms with van der Waals surface area (Å²) in [6, 6.07) is 0.593. The van der Waals surface area contributed by atoms with E-state index < -0.39 is 0 Å². The van der Waals surface area contributed by atoms with Crippen molar-refractivity contribution in [1.29, 1.82) is 0 Å². The van der Waals surface area contributed by atoms with Crippen molar-refractivity contribution in [3.63, 3.8) is 0 Å². The first-order valence-corrected chi connectivity index (χ1v) is 9.37. The highest BCUT2D eigenvalue weighted by molar-refractivity contribution is 5.00. The predicted molar refractivity (Wildman–Crippen MR) is 101 cm³/mol. The van der Waals surface area contributed by atoms with Crippen molar-refractivity contribution in [2.75, 3.05) is 27.2 Å². The molecule has 0 spiro atoms. The molecule has 0 aromatic rings. The number of nitrogens with zero attached hydrogens (tertiary/aromatic N) is 1. The van der Waals surface area contributed by atoms with Gasteiger partial charge in [0.1, 0.15) is 0 Å². The first-order chi connectivity index (χ1) is 10.2. The molecule has 22 heavy (non-hydrogen) atoms. The molecule has 0 aromatic heterocycles. The average Bonchev–Trinajstić information content (AvgIpc) is 2.41. The fourth-order valence-corrected chi connectivity index (χ4v) is 3.91. The summed E-state index contributed by atoms with van der Waals surface area (Å²) in [7, 11) is 4.80. The number of rotatable bonds is 12. The highest BCUT2D eigenvalue weighted by Crippen LogP contribution is 2.29. The lowest BCUT2D eigenvalue weighted by atomic mass is 9.85. The van der Waals surface area contributed by atoms with Crippen LogP contribution in [0.3, 0.4) is 0 Å². The Morgan fingerprint density at radius 2 is 1.64 bits per heavy atom. The van der Waals surface area contributed by atoms with Crippen molar-refractivity contribution < 1.29 is 4.48 Å². The van der Waals surface area contributed by atoms with Crippen LogP contribution in [0.15, 0.2) is 12.2 Å². The van der Waals surface area contributed by atoms with Crippen molar-refractivity contribution in [3.8, 4) is 0 Å². The molecule has 0 aromatic carbocycles. The number of hydrogen-bond donors (Lipinski definition) is 1. The van der Waals surface area contributed by atoms with Crippen LogP contribution in [0, 0.1) is 17.8 Å². The Bertz CT molecular complexity index is 309. The molecule has 0 aliphatic rings. The van der Waals surface area contributed by atoms with Gasteiger partial charge in [-0.05, 0) is 25.7 Å². The van der Waals surface area contributed by atoms with Gasteiger partial charge in [0, 0.05) is 24.8 Å². The quantitative estimate of drug-likeness (QED) is 0.405. The SMILES string of the molecule is C=C(C)C(CN)C(CCC(C)CC)[N+](C)(C)CC(C)CCC. The first kappa shape index (κ1) is 21.7. The summed E-state index contributed by atoms with van der Waals surface area (Å²) in [6.45, 7) is 17.7. The monoisotopic (exact) mass is 311 g/mol. The minimum Gasteiger partial charge on any atom is -0.330 e. The van der Waals surface area contributed by atoms with Crippen molar-refractivity contribution in [2.24, 2.45) is 23.5 Å². The normalized spacial score (nSPS) is 17.8. The van der Waals surface area contributed by atoms with Crippen LogP contribution < -0.4 is 5.73 Å². The molecule has 0 bridgehead atoms. The second-order valence-corrected chi connectivity index (χ2v) is 8.20. The minimum absolute atomic E-state index is 0.438. The zero-order chi connectivity index (χ0) is 17.3. The van der Waals surface area contributed by atoms with Gasteiger partial charge in [-0.3, -0.25) is 0 Å². The number of quaternary nitrogens is 1. The van der Waals surface area contributed by atoms with Crippen LogP contribution in [0.2, 0.25) is 0 Å². The van der Waals surface area contributed by atoms with Crippen LogP contribution in [0.25, 0.3) is 0 Å². The highest BCUT2D eigenvalue weighted by atomic mass is 15.3. The molecule has 0 aliphatic carbocycles. The summed E-state index contributed by atoms with van der Waals surface area (Å²) in [4.78, 5) is 0. The molecule has 132 valence electrons. The van der Waals surface area contributed by atoms with Gasteiger partial charge in [0.25, 0.3) is 0 Å². The van der Waals surface area contributed by atoms with E-state index in [1.54, 1.807) is 0 Å². The Kier molecular flexibility index (Phi) is 10.3. The van der Waals surface area contributed by atoms with Crippen LogP contribution in [-0.2, 0) is 0 Å². The summed E-state index contributed by atoms with van der Waals surface area (Å²) in [5.74, 6) is 2.02. The fourth-order valence-electron chi connectivity index (χ4n) is 3.91. The fraction of sp³-hybridized carbons (Fsp3) is 0.900. The molecule has 0 heterocycles. The molecule has 2 N–H and O–H groups in total. The summed E-state index contributed by atoms with van der Waals surface area (Å²) in [5, 5.41) is 0. The molecule has 0 rings (SSSR count). The molecule has 2 nitrogen and oxygen atoms in total. The van der Waals surface area contributed by atoms with E-state index in [1.807, 2.05) is 0 Å². The van der Waals surface area contributed by atoms with E-state index in [-0.39, 0.29) is 0 Å². The Morgan fingerprint density at radius 3 is 2.05 bits per heavy atom. The third-order valence-corrected chi connectivity index (χ3v) is 5.47. The van der Waals surface area contributed by atoms with Crippen molar-refractivity contribution in [1.82, 2.24) is 0 Å². The lowest BCUT2D eigenvalue weighted by Gasteiger charge is -2.44. The molecule has 2 heteroatoms. The molecule has 0 radical (unpaired) electrons. The van der Waals surface area contributed by atoms with Crippen LogP contribution in [-0.4, -0.2) is 37.7 Å². The lowest BCUT2D eigenvalue weighted by molar-refractivity contribution is -0.921. The maximum absolute atomic E-state index is 6.13. The van der Waals surface area contributed by atoms with E-state index in [0.717, 1.165) is 22.9 Å². The van der Waals surface area contributed by atoms with Gasteiger partial charge in [0.15, 0.2) is 0 Å².